The summed E-state index contributed by atoms with van der Waals surface area (Å²) in [7, 11) is 0. The second-order valence-corrected chi connectivity index (χ2v) is 5.57. The van der Waals surface area contributed by atoms with E-state index < -0.39 is 0 Å². The molecule has 0 aliphatic carbocycles. The molecule has 3 rings (SSSR count). The molecule has 0 fully saturated rings. The third-order valence-electron chi connectivity index (χ3n) is 3.14. The standard InChI is InChI=1S/C16H12Cl2N4O/c17-13-6-7-14(18)21-15(13)16(23)19-8-11-9-20-22(10-11)12-4-2-1-3-5-12/h1-7,9-10H,8H2,(H,19,23). The summed E-state index contributed by atoms with van der Waals surface area (Å²) in [5.74, 6) is -0.384. The van der Waals surface area contributed by atoms with E-state index >= 15 is 0 Å². The highest BCUT2D eigenvalue weighted by atomic mass is 35.5. The zero-order valence-corrected chi connectivity index (χ0v) is 13.4. The first-order valence-electron chi connectivity index (χ1n) is 6.83. The van der Waals surface area contributed by atoms with Crippen LogP contribution in [0.2, 0.25) is 10.2 Å². The first-order chi connectivity index (χ1) is 11.1. The summed E-state index contributed by atoms with van der Waals surface area (Å²) in [4.78, 5) is 16.1. The van der Waals surface area contributed by atoms with Gasteiger partial charge < -0.3 is 5.32 Å². The summed E-state index contributed by atoms with van der Waals surface area (Å²) in [6, 6.07) is 12.8. The monoisotopic (exact) mass is 346 g/mol. The molecule has 5 nitrogen and oxygen atoms in total. The molecule has 116 valence electrons. The van der Waals surface area contributed by atoms with Gasteiger partial charge in [0.25, 0.3) is 5.91 Å². The number of halogens is 2. The van der Waals surface area contributed by atoms with Crippen LogP contribution in [0.25, 0.3) is 5.69 Å². The lowest BCUT2D eigenvalue weighted by Gasteiger charge is -2.05. The fraction of sp³-hybridized carbons (Fsp3) is 0.0625. The van der Waals surface area contributed by atoms with Crippen molar-refractivity contribution in [3.63, 3.8) is 0 Å². The number of hydrogen-bond acceptors (Lipinski definition) is 3. The number of pyridine rings is 1. The van der Waals surface area contributed by atoms with Crippen LogP contribution >= 0.6 is 23.2 Å². The molecule has 23 heavy (non-hydrogen) atoms. The van der Waals surface area contributed by atoms with Gasteiger partial charge in [0.15, 0.2) is 0 Å². The molecule has 0 spiro atoms. The van der Waals surface area contributed by atoms with Gasteiger partial charge in [-0.05, 0) is 24.3 Å². The van der Waals surface area contributed by atoms with Crippen molar-refractivity contribution in [1.82, 2.24) is 20.1 Å². The number of aromatic nitrogens is 3. The van der Waals surface area contributed by atoms with E-state index in [1.54, 1.807) is 16.9 Å². The fourth-order valence-corrected chi connectivity index (χ4v) is 2.36. The average molecular weight is 347 g/mol. The predicted molar refractivity (Wildman–Crippen MR) is 89.0 cm³/mol. The van der Waals surface area contributed by atoms with E-state index in [9.17, 15) is 4.79 Å². The Labute approximate surface area is 142 Å². The van der Waals surface area contributed by atoms with E-state index in [0.717, 1.165) is 11.3 Å². The normalized spacial score (nSPS) is 10.5. The van der Waals surface area contributed by atoms with E-state index in [1.807, 2.05) is 36.5 Å². The van der Waals surface area contributed by atoms with Crippen molar-refractivity contribution in [2.45, 2.75) is 6.54 Å². The molecule has 2 aromatic heterocycles. The first kappa shape index (κ1) is 15.5. The summed E-state index contributed by atoms with van der Waals surface area (Å²) in [5, 5.41) is 7.50. The zero-order chi connectivity index (χ0) is 16.2. The van der Waals surface area contributed by atoms with Crippen LogP contribution in [0.4, 0.5) is 0 Å². The maximum absolute atomic E-state index is 12.1. The Morgan fingerprint density at radius 2 is 1.91 bits per heavy atom. The number of amides is 1. The van der Waals surface area contributed by atoms with Gasteiger partial charge in [-0.3, -0.25) is 4.79 Å². The SMILES string of the molecule is O=C(NCc1cnn(-c2ccccc2)c1)c1nc(Cl)ccc1Cl. The van der Waals surface area contributed by atoms with Gasteiger partial charge in [0, 0.05) is 18.3 Å². The minimum atomic E-state index is -0.384. The van der Waals surface area contributed by atoms with Gasteiger partial charge >= 0.3 is 0 Å². The van der Waals surface area contributed by atoms with Crippen LogP contribution < -0.4 is 5.32 Å². The van der Waals surface area contributed by atoms with Crippen molar-refractivity contribution >= 4 is 29.1 Å². The molecule has 0 saturated heterocycles. The average Bonchev–Trinajstić information content (AvgIpc) is 3.05. The number of hydrogen-bond donors (Lipinski definition) is 1. The highest BCUT2D eigenvalue weighted by Gasteiger charge is 2.13. The third kappa shape index (κ3) is 3.70. The first-order valence-corrected chi connectivity index (χ1v) is 7.58. The van der Waals surface area contributed by atoms with Crippen LogP contribution in [0.15, 0.2) is 54.9 Å². The molecule has 0 saturated carbocycles. The van der Waals surface area contributed by atoms with Gasteiger partial charge in [0.1, 0.15) is 10.8 Å². The Morgan fingerprint density at radius 3 is 2.70 bits per heavy atom. The predicted octanol–water partition coefficient (Wildman–Crippen LogP) is 3.50. The van der Waals surface area contributed by atoms with Crippen molar-refractivity contribution in [2.24, 2.45) is 0 Å². The molecule has 0 unspecified atom stereocenters. The van der Waals surface area contributed by atoms with Gasteiger partial charge in [0.2, 0.25) is 0 Å². The van der Waals surface area contributed by atoms with Gasteiger partial charge in [0.05, 0.1) is 16.9 Å². The smallest absolute Gasteiger partial charge is 0.271 e. The van der Waals surface area contributed by atoms with Crippen LogP contribution in [0, 0.1) is 0 Å². The molecule has 7 heteroatoms. The molecular weight excluding hydrogens is 335 g/mol. The topological polar surface area (TPSA) is 59.8 Å². The van der Waals surface area contributed by atoms with Crippen molar-refractivity contribution in [3.8, 4) is 5.69 Å². The van der Waals surface area contributed by atoms with Crippen molar-refractivity contribution in [2.75, 3.05) is 0 Å². The Balaban J connectivity index is 1.68. The maximum Gasteiger partial charge on any atom is 0.271 e. The number of carbonyl (C=O) groups is 1. The van der Waals surface area contributed by atoms with E-state index in [4.69, 9.17) is 23.2 Å². The number of para-hydroxylation sites is 1. The summed E-state index contributed by atoms with van der Waals surface area (Å²) >= 11 is 11.7. The van der Waals surface area contributed by atoms with E-state index in [1.165, 1.54) is 6.07 Å². The molecule has 3 aromatic rings. The molecule has 1 N–H and O–H groups in total. The van der Waals surface area contributed by atoms with Crippen LogP contribution in [0.5, 0.6) is 0 Å². The third-order valence-corrected chi connectivity index (χ3v) is 3.65. The summed E-state index contributed by atoms with van der Waals surface area (Å²) in [6.07, 6.45) is 3.54. The molecule has 0 radical (unpaired) electrons. The Bertz CT molecular complexity index is 833. The van der Waals surface area contributed by atoms with Crippen LogP contribution in [0.3, 0.4) is 0 Å². The molecule has 0 atom stereocenters. The zero-order valence-electron chi connectivity index (χ0n) is 11.9. The molecule has 0 bridgehead atoms. The molecule has 2 heterocycles. The molecular formula is C16H12Cl2N4O. The van der Waals surface area contributed by atoms with Gasteiger partial charge in [-0.1, -0.05) is 41.4 Å². The van der Waals surface area contributed by atoms with Gasteiger partial charge in [-0.25, -0.2) is 9.67 Å². The van der Waals surface area contributed by atoms with Crippen LogP contribution in [-0.2, 0) is 6.54 Å². The largest absolute Gasteiger partial charge is 0.346 e. The number of benzene rings is 1. The fourth-order valence-electron chi connectivity index (χ4n) is 2.02. The second kappa shape index (κ2) is 6.81. The lowest BCUT2D eigenvalue weighted by Crippen LogP contribution is -2.24. The minimum absolute atomic E-state index is 0.106. The quantitative estimate of drug-likeness (QED) is 0.735. The van der Waals surface area contributed by atoms with E-state index in [0.29, 0.717) is 6.54 Å². The van der Waals surface area contributed by atoms with Crippen molar-refractivity contribution in [1.29, 1.82) is 0 Å². The number of carbonyl (C=O) groups excluding carboxylic acids is 1. The second-order valence-electron chi connectivity index (χ2n) is 4.78. The van der Waals surface area contributed by atoms with Crippen molar-refractivity contribution in [3.05, 3.63) is 76.3 Å². The number of nitrogens with one attached hydrogen (secondary N) is 1. The highest BCUT2D eigenvalue weighted by molar-refractivity contribution is 6.34. The summed E-state index contributed by atoms with van der Waals surface area (Å²) in [6.45, 7) is 0.316. The number of rotatable bonds is 4. The summed E-state index contributed by atoms with van der Waals surface area (Å²) < 4.78 is 1.74. The molecule has 0 aliphatic heterocycles. The van der Waals surface area contributed by atoms with Crippen LogP contribution in [-0.4, -0.2) is 20.7 Å². The Kier molecular flexibility index (Phi) is 4.60. The summed E-state index contributed by atoms with van der Waals surface area (Å²) in [5.41, 5.74) is 1.92. The lowest BCUT2D eigenvalue weighted by molar-refractivity contribution is 0.0946. The van der Waals surface area contributed by atoms with Gasteiger partial charge in [-0.15, -0.1) is 0 Å². The molecule has 1 aromatic carbocycles. The minimum Gasteiger partial charge on any atom is -0.346 e. The van der Waals surface area contributed by atoms with Crippen LogP contribution in [0.1, 0.15) is 16.1 Å². The van der Waals surface area contributed by atoms with E-state index in [-0.39, 0.29) is 21.8 Å². The number of nitrogens with zero attached hydrogens (tertiary/aromatic N) is 3. The highest BCUT2D eigenvalue weighted by Crippen LogP contribution is 2.16. The van der Waals surface area contributed by atoms with Gasteiger partial charge in [-0.2, -0.15) is 5.10 Å². The Hall–Kier alpha value is -2.37. The molecule has 1 amide bonds. The lowest BCUT2D eigenvalue weighted by atomic mass is 10.3. The molecule has 0 aliphatic rings. The van der Waals surface area contributed by atoms with E-state index in [2.05, 4.69) is 15.4 Å². The van der Waals surface area contributed by atoms with Crippen molar-refractivity contribution < 1.29 is 4.79 Å². The Morgan fingerprint density at radius 1 is 1.13 bits per heavy atom. The maximum atomic E-state index is 12.1.